The number of nitrogens with one attached hydrogen (secondary N) is 1. The zero-order valence-electron chi connectivity index (χ0n) is 17.8. The highest BCUT2D eigenvalue weighted by Gasteiger charge is 2.31. The molecular weight excluding hydrogens is 364 g/mol. The van der Waals surface area contributed by atoms with Gasteiger partial charge in [-0.25, -0.2) is 0 Å². The van der Waals surface area contributed by atoms with Crippen molar-refractivity contribution in [1.29, 1.82) is 0 Å². The van der Waals surface area contributed by atoms with Gasteiger partial charge in [-0.1, -0.05) is 25.7 Å². The molecule has 6 heteroatoms. The summed E-state index contributed by atoms with van der Waals surface area (Å²) in [6.07, 6.45) is 14.4. The second-order valence-corrected chi connectivity index (χ2v) is 8.68. The smallest absolute Gasteiger partial charge is 0.274 e. The number of furan rings is 1. The molecule has 6 nitrogen and oxygen atoms in total. The van der Waals surface area contributed by atoms with Gasteiger partial charge in [-0.2, -0.15) is 5.10 Å². The maximum absolute atomic E-state index is 13.2. The van der Waals surface area contributed by atoms with Crippen LogP contribution in [0.4, 0.5) is 0 Å². The van der Waals surface area contributed by atoms with Gasteiger partial charge in [0.15, 0.2) is 5.69 Å². The zero-order valence-corrected chi connectivity index (χ0v) is 17.8. The van der Waals surface area contributed by atoms with Crippen molar-refractivity contribution >= 4 is 5.91 Å². The predicted molar refractivity (Wildman–Crippen MR) is 113 cm³/mol. The molecule has 1 amide bonds. The summed E-state index contributed by atoms with van der Waals surface area (Å²) in [6.45, 7) is 3.45. The lowest BCUT2D eigenvalue weighted by Gasteiger charge is -2.29. The van der Waals surface area contributed by atoms with Crippen LogP contribution in [0.3, 0.4) is 0 Å². The van der Waals surface area contributed by atoms with E-state index in [1.54, 1.807) is 17.4 Å². The predicted octanol–water partition coefficient (Wildman–Crippen LogP) is 3.94. The lowest BCUT2D eigenvalue weighted by Crippen LogP contribution is -2.42. The topological polar surface area (TPSA) is 63.3 Å². The maximum Gasteiger partial charge on any atom is 0.274 e. The minimum Gasteiger partial charge on any atom is -0.472 e. The number of fused-ring (bicyclic) bond motifs is 1. The largest absolute Gasteiger partial charge is 0.472 e. The summed E-state index contributed by atoms with van der Waals surface area (Å²) in [7, 11) is 1.84. The molecule has 1 unspecified atom stereocenters. The molecule has 29 heavy (non-hydrogen) atoms. The molecule has 0 bridgehead atoms. The lowest BCUT2D eigenvalue weighted by atomic mass is 9.90. The Morgan fingerprint density at radius 1 is 1.24 bits per heavy atom. The number of carbonyl (C=O) groups excluding carboxylic acids is 1. The van der Waals surface area contributed by atoms with Gasteiger partial charge in [0.25, 0.3) is 5.91 Å². The molecule has 0 aliphatic heterocycles. The lowest BCUT2D eigenvalue weighted by molar-refractivity contribution is 0.0777. The summed E-state index contributed by atoms with van der Waals surface area (Å²) >= 11 is 0. The van der Waals surface area contributed by atoms with Crippen LogP contribution < -0.4 is 5.32 Å². The van der Waals surface area contributed by atoms with Crippen molar-refractivity contribution in [3.05, 3.63) is 41.1 Å². The minimum atomic E-state index is 0.00441. The Morgan fingerprint density at radius 2 is 2.03 bits per heavy atom. The highest BCUT2D eigenvalue weighted by molar-refractivity contribution is 5.94. The van der Waals surface area contributed by atoms with E-state index in [2.05, 4.69) is 12.2 Å². The molecule has 2 aliphatic carbocycles. The first kappa shape index (κ1) is 20.2. The van der Waals surface area contributed by atoms with Crippen molar-refractivity contribution < 1.29 is 9.21 Å². The van der Waals surface area contributed by atoms with Crippen LogP contribution >= 0.6 is 0 Å². The fourth-order valence-corrected chi connectivity index (χ4v) is 4.95. The number of aryl methyl sites for hydroxylation is 1. The molecule has 2 heterocycles. The number of hydrogen-bond acceptors (Lipinski definition) is 4. The third-order valence-corrected chi connectivity index (χ3v) is 6.52. The van der Waals surface area contributed by atoms with Crippen LogP contribution in [0.25, 0.3) is 0 Å². The molecule has 1 atom stereocenters. The van der Waals surface area contributed by atoms with Crippen LogP contribution in [0.2, 0.25) is 0 Å². The van der Waals surface area contributed by atoms with Gasteiger partial charge in [0, 0.05) is 49.0 Å². The average Bonchev–Trinajstić information content (AvgIpc) is 3.28. The van der Waals surface area contributed by atoms with Crippen molar-refractivity contribution in [3.8, 4) is 0 Å². The molecule has 0 spiro atoms. The van der Waals surface area contributed by atoms with E-state index in [1.165, 1.54) is 44.2 Å². The number of rotatable bonds is 6. The zero-order chi connectivity index (χ0) is 20.2. The molecule has 4 rings (SSSR count). The first-order valence-corrected chi connectivity index (χ1v) is 11.3. The van der Waals surface area contributed by atoms with E-state index < -0.39 is 0 Å². The maximum atomic E-state index is 13.2. The molecule has 0 saturated heterocycles. The van der Waals surface area contributed by atoms with Gasteiger partial charge in [0.05, 0.1) is 12.5 Å². The van der Waals surface area contributed by atoms with E-state index in [-0.39, 0.29) is 5.91 Å². The van der Waals surface area contributed by atoms with Crippen molar-refractivity contribution in [2.75, 3.05) is 7.05 Å². The third-order valence-electron chi connectivity index (χ3n) is 6.52. The van der Waals surface area contributed by atoms with Gasteiger partial charge in [-0.05, 0) is 45.1 Å². The van der Waals surface area contributed by atoms with E-state index in [9.17, 15) is 4.79 Å². The van der Waals surface area contributed by atoms with Gasteiger partial charge >= 0.3 is 0 Å². The highest BCUT2D eigenvalue weighted by Crippen LogP contribution is 2.27. The van der Waals surface area contributed by atoms with Crippen LogP contribution in [0.15, 0.2) is 23.0 Å². The van der Waals surface area contributed by atoms with Crippen molar-refractivity contribution in [1.82, 2.24) is 20.0 Å². The number of aromatic nitrogens is 2. The summed E-state index contributed by atoms with van der Waals surface area (Å²) in [5.41, 5.74) is 4.05. The molecule has 0 aromatic carbocycles. The summed E-state index contributed by atoms with van der Waals surface area (Å²) in [5.74, 6) is 0.00441. The first-order chi connectivity index (χ1) is 14.2. The van der Waals surface area contributed by atoms with E-state index in [0.29, 0.717) is 24.3 Å². The Morgan fingerprint density at radius 3 is 2.72 bits per heavy atom. The van der Waals surface area contributed by atoms with Gasteiger partial charge in [0.1, 0.15) is 0 Å². The van der Waals surface area contributed by atoms with E-state index >= 15 is 0 Å². The molecule has 2 aliphatic rings. The van der Waals surface area contributed by atoms with Gasteiger partial charge in [-0.3, -0.25) is 9.48 Å². The highest BCUT2D eigenvalue weighted by atomic mass is 16.3. The normalized spacial score (nSPS) is 20.3. The molecule has 0 radical (unpaired) electrons. The Labute approximate surface area is 173 Å². The Kier molecular flexibility index (Phi) is 6.38. The van der Waals surface area contributed by atoms with E-state index in [4.69, 9.17) is 9.52 Å². The quantitative estimate of drug-likeness (QED) is 0.749. The fraction of sp³-hybridized carbons (Fsp3) is 0.652. The molecular formula is C23H34N4O2. The molecule has 2 aromatic heterocycles. The molecule has 158 valence electrons. The van der Waals surface area contributed by atoms with Crippen LogP contribution in [-0.2, 0) is 25.9 Å². The standard InChI is InChI=1S/C23H34N4O2/c1-3-27-21-11-10-19(24-18-8-6-4-5-7-9-18)14-20(21)22(25-27)23(28)26(2)15-17-12-13-29-16-17/h12-13,16,18-19,24H,3-11,14-15H2,1-2H3. The van der Waals surface area contributed by atoms with Gasteiger partial charge < -0.3 is 14.6 Å². The summed E-state index contributed by atoms with van der Waals surface area (Å²) in [6, 6.07) is 2.98. The van der Waals surface area contributed by atoms with E-state index in [0.717, 1.165) is 36.9 Å². The number of amides is 1. The van der Waals surface area contributed by atoms with Crippen molar-refractivity contribution in [3.63, 3.8) is 0 Å². The van der Waals surface area contributed by atoms with Gasteiger partial charge in [-0.15, -0.1) is 0 Å². The number of nitrogens with zero attached hydrogens (tertiary/aromatic N) is 3. The SMILES string of the molecule is CCn1nc(C(=O)N(C)Cc2ccoc2)c2c1CCC(NC1CCCCCC1)C2. The second-order valence-electron chi connectivity index (χ2n) is 8.68. The van der Waals surface area contributed by atoms with Crippen LogP contribution in [0.1, 0.15) is 79.2 Å². The molecule has 2 aromatic rings. The summed E-state index contributed by atoms with van der Waals surface area (Å²) in [4.78, 5) is 15.0. The van der Waals surface area contributed by atoms with Crippen LogP contribution in [0.5, 0.6) is 0 Å². The van der Waals surface area contributed by atoms with Crippen LogP contribution in [-0.4, -0.2) is 39.7 Å². The third kappa shape index (κ3) is 4.58. The molecule has 1 saturated carbocycles. The Hall–Kier alpha value is -2.08. The second kappa shape index (κ2) is 9.16. The molecule has 1 fully saturated rings. The summed E-state index contributed by atoms with van der Waals surface area (Å²) in [5, 5.41) is 8.65. The van der Waals surface area contributed by atoms with Crippen LogP contribution in [0, 0.1) is 0 Å². The van der Waals surface area contributed by atoms with E-state index in [1.807, 2.05) is 17.8 Å². The summed E-state index contributed by atoms with van der Waals surface area (Å²) < 4.78 is 7.18. The first-order valence-electron chi connectivity index (χ1n) is 11.3. The fourth-order valence-electron chi connectivity index (χ4n) is 4.95. The number of carbonyl (C=O) groups is 1. The van der Waals surface area contributed by atoms with Gasteiger partial charge in [0.2, 0.25) is 0 Å². The Bertz CT molecular complexity index is 803. The number of hydrogen-bond donors (Lipinski definition) is 1. The average molecular weight is 399 g/mol. The van der Waals surface area contributed by atoms with Crippen molar-refractivity contribution in [2.24, 2.45) is 0 Å². The van der Waals surface area contributed by atoms with Crippen molar-refractivity contribution in [2.45, 2.75) is 89.9 Å². The molecule has 1 N–H and O–H groups in total. The monoisotopic (exact) mass is 398 g/mol. The Balaban J connectivity index is 1.49. The minimum absolute atomic E-state index is 0.00441.